The lowest BCUT2D eigenvalue weighted by Crippen LogP contribution is -2.56. The Morgan fingerprint density at radius 2 is 1.69 bits per heavy atom. The number of benzene rings is 3. The third-order valence-electron chi connectivity index (χ3n) is 5.21. The number of halogens is 1. The van der Waals surface area contributed by atoms with Crippen LogP contribution in [0.5, 0.6) is 5.75 Å². The largest absolute Gasteiger partial charge is 0.497 e. The Bertz CT molecular complexity index is 1040. The zero-order chi connectivity index (χ0) is 20.6. The number of nitrogens with zero attached hydrogens (tertiary/aromatic N) is 1. The molecule has 4 rings (SSSR count). The number of aliphatic hydroxyl groups is 1. The molecule has 0 saturated carbocycles. The topological polar surface area (TPSA) is 59.0 Å². The molecule has 1 aliphatic heterocycles. The van der Waals surface area contributed by atoms with Crippen molar-refractivity contribution in [3.8, 4) is 5.75 Å². The van der Waals surface area contributed by atoms with Gasteiger partial charge in [0.25, 0.3) is 5.91 Å². The maximum Gasteiger partial charge on any atom is 0.264 e. The number of ether oxygens (including phenoxy) is 2. The molecular weight excluding hydrogens is 373 g/mol. The summed E-state index contributed by atoms with van der Waals surface area (Å²) in [7, 11) is 2.91. The number of rotatable bonds is 4. The minimum atomic E-state index is -1.73. The normalized spacial score (nSPS) is 21.0. The highest BCUT2D eigenvalue weighted by molar-refractivity contribution is 6.07. The second-order valence-electron chi connectivity index (χ2n) is 6.78. The van der Waals surface area contributed by atoms with E-state index in [2.05, 4.69) is 0 Å². The number of hydrogen-bond acceptors (Lipinski definition) is 4. The average Bonchev–Trinajstić information content (AvgIpc) is 2.76. The first-order valence-electron chi connectivity index (χ1n) is 9.09. The Labute approximate surface area is 167 Å². The highest BCUT2D eigenvalue weighted by Crippen LogP contribution is 2.48. The third kappa shape index (κ3) is 2.97. The summed E-state index contributed by atoms with van der Waals surface area (Å²) in [5, 5.41) is 11.9. The second-order valence-corrected chi connectivity index (χ2v) is 6.78. The fourth-order valence-electron chi connectivity index (χ4n) is 3.83. The molecule has 2 unspecified atom stereocenters. The summed E-state index contributed by atoms with van der Waals surface area (Å²) in [5.74, 6) is -0.332. The van der Waals surface area contributed by atoms with Gasteiger partial charge in [-0.2, -0.15) is 0 Å². The highest BCUT2D eigenvalue weighted by Gasteiger charge is 2.53. The van der Waals surface area contributed by atoms with E-state index < -0.39 is 23.4 Å². The Hall–Kier alpha value is -3.22. The molecule has 1 heterocycles. The van der Waals surface area contributed by atoms with Crippen molar-refractivity contribution in [1.82, 2.24) is 0 Å². The minimum Gasteiger partial charge on any atom is -0.497 e. The molecule has 1 N–H and O–H groups in total. The van der Waals surface area contributed by atoms with Crippen LogP contribution in [0.1, 0.15) is 11.1 Å². The van der Waals surface area contributed by atoms with Gasteiger partial charge in [0.15, 0.2) is 11.7 Å². The van der Waals surface area contributed by atoms with Gasteiger partial charge in [-0.25, -0.2) is 4.39 Å². The minimum absolute atomic E-state index is 0.405. The van der Waals surface area contributed by atoms with Crippen molar-refractivity contribution in [2.24, 2.45) is 0 Å². The van der Waals surface area contributed by atoms with Crippen LogP contribution < -0.4 is 9.64 Å². The van der Waals surface area contributed by atoms with Crippen LogP contribution in [0.4, 0.5) is 15.8 Å². The van der Waals surface area contributed by atoms with Gasteiger partial charge in [-0.05, 0) is 48.0 Å². The van der Waals surface area contributed by atoms with Crippen LogP contribution in [0.15, 0.2) is 72.8 Å². The second kappa shape index (κ2) is 7.31. The quantitative estimate of drug-likeness (QED) is 0.733. The third-order valence-corrected chi connectivity index (χ3v) is 5.21. The van der Waals surface area contributed by atoms with Crippen molar-refractivity contribution in [2.45, 2.75) is 11.7 Å². The van der Waals surface area contributed by atoms with Crippen LogP contribution in [0.25, 0.3) is 0 Å². The van der Waals surface area contributed by atoms with E-state index in [1.54, 1.807) is 42.5 Å². The van der Waals surface area contributed by atoms with Crippen molar-refractivity contribution in [3.63, 3.8) is 0 Å². The average molecular weight is 393 g/mol. The monoisotopic (exact) mass is 393 g/mol. The molecule has 6 heteroatoms. The molecule has 0 saturated heterocycles. The molecule has 1 amide bonds. The summed E-state index contributed by atoms with van der Waals surface area (Å²) >= 11 is 0. The zero-order valence-electron chi connectivity index (χ0n) is 16.0. The molecule has 2 atom stereocenters. The van der Waals surface area contributed by atoms with Crippen molar-refractivity contribution >= 4 is 17.3 Å². The molecule has 0 fully saturated rings. The van der Waals surface area contributed by atoms with Gasteiger partial charge < -0.3 is 14.6 Å². The zero-order valence-corrected chi connectivity index (χ0v) is 16.0. The molecule has 0 radical (unpaired) electrons. The van der Waals surface area contributed by atoms with Crippen molar-refractivity contribution in [2.75, 3.05) is 19.1 Å². The lowest BCUT2D eigenvalue weighted by molar-refractivity contribution is -0.144. The Balaban J connectivity index is 2.00. The van der Waals surface area contributed by atoms with E-state index in [1.165, 1.54) is 43.4 Å². The first-order chi connectivity index (χ1) is 14.0. The summed E-state index contributed by atoms with van der Waals surface area (Å²) in [5.41, 5.74) is 0.197. The summed E-state index contributed by atoms with van der Waals surface area (Å²) in [6.45, 7) is 0. The molecule has 1 aliphatic rings. The smallest absolute Gasteiger partial charge is 0.264 e. The molecule has 0 aromatic heterocycles. The fourth-order valence-corrected chi connectivity index (χ4v) is 3.83. The molecule has 3 aromatic carbocycles. The lowest BCUT2D eigenvalue weighted by Gasteiger charge is -2.44. The number of hydrogen-bond donors (Lipinski definition) is 1. The molecule has 148 valence electrons. The van der Waals surface area contributed by atoms with Crippen LogP contribution in [-0.4, -0.2) is 31.3 Å². The van der Waals surface area contributed by atoms with Gasteiger partial charge in [-0.15, -0.1) is 0 Å². The lowest BCUT2D eigenvalue weighted by atomic mass is 9.77. The van der Waals surface area contributed by atoms with E-state index in [1.807, 2.05) is 6.07 Å². The van der Waals surface area contributed by atoms with Gasteiger partial charge in [0, 0.05) is 18.4 Å². The number of fused-ring (bicyclic) bond motifs is 1. The van der Waals surface area contributed by atoms with E-state index in [4.69, 9.17) is 9.47 Å². The van der Waals surface area contributed by atoms with Crippen LogP contribution in [0.2, 0.25) is 0 Å². The number of amides is 1. The van der Waals surface area contributed by atoms with Gasteiger partial charge >= 0.3 is 0 Å². The van der Waals surface area contributed by atoms with Gasteiger partial charge in [0.05, 0.1) is 12.8 Å². The SMILES string of the molecule is COc1ccc2c(c1)C(O)(c1ccccc1)C(OC)C(=O)N2c1ccc(F)cc1. The maximum absolute atomic E-state index is 13.5. The molecule has 0 aliphatic carbocycles. The predicted octanol–water partition coefficient (Wildman–Crippen LogP) is 3.76. The van der Waals surface area contributed by atoms with Gasteiger partial charge in [0.1, 0.15) is 11.6 Å². The summed E-state index contributed by atoms with van der Waals surface area (Å²) in [6, 6.07) is 19.6. The summed E-state index contributed by atoms with van der Waals surface area (Å²) in [6.07, 6.45) is -1.21. The number of carbonyl (C=O) groups excluding carboxylic acids is 1. The van der Waals surface area contributed by atoms with E-state index >= 15 is 0 Å². The fraction of sp³-hybridized carbons (Fsp3) is 0.174. The summed E-state index contributed by atoms with van der Waals surface area (Å²) < 4.78 is 24.3. The van der Waals surface area contributed by atoms with E-state index in [0.717, 1.165) is 0 Å². The summed E-state index contributed by atoms with van der Waals surface area (Å²) in [4.78, 5) is 14.9. The Morgan fingerprint density at radius 1 is 1.00 bits per heavy atom. The first kappa shape index (κ1) is 19.1. The van der Waals surface area contributed by atoms with Crippen LogP contribution >= 0.6 is 0 Å². The molecule has 0 bridgehead atoms. The molecular formula is C23H20FNO4. The van der Waals surface area contributed by atoms with Gasteiger partial charge in [-0.1, -0.05) is 30.3 Å². The van der Waals surface area contributed by atoms with Crippen molar-refractivity contribution < 1.29 is 23.8 Å². The highest BCUT2D eigenvalue weighted by atomic mass is 19.1. The van der Waals surface area contributed by atoms with Gasteiger partial charge in [-0.3, -0.25) is 9.69 Å². The standard InChI is InChI=1S/C23H20FNO4/c1-28-18-12-13-20-19(14-18)23(27,15-6-4-3-5-7-15)21(29-2)22(26)25(20)17-10-8-16(24)9-11-17/h3-14,21,27H,1-2H3. The van der Waals surface area contributed by atoms with Gasteiger partial charge in [0.2, 0.25) is 0 Å². The van der Waals surface area contributed by atoms with E-state index in [-0.39, 0.29) is 0 Å². The molecule has 3 aromatic rings. The first-order valence-corrected chi connectivity index (χ1v) is 9.09. The number of methoxy groups -OCH3 is 2. The Morgan fingerprint density at radius 3 is 2.31 bits per heavy atom. The van der Waals surface area contributed by atoms with E-state index in [0.29, 0.717) is 28.3 Å². The van der Waals surface area contributed by atoms with Crippen LogP contribution in [0, 0.1) is 5.82 Å². The van der Waals surface area contributed by atoms with Crippen molar-refractivity contribution in [1.29, 1.82) is 0 Å². The molecule has 0 spiro atoms. The van der Waals surface area contributed by atoms with E-state index in [9.17, 15) is 14.3 Å². The Kier molecular flexibility index (Phi) is 4.82. The van der Waals surface area contributed by atoms with Crippen molar-refractivity contribution in [3.05, 3.63) is 89.7 Å². The molecule has 29 heavy (non-hydrogen) atoms. The number of anilines is 2. The molecule has 5 nitrogen and oxygen atoms in total. The van der Waals surface area contributed by atoms with Crippen LogP contribution in [0.3, 0.4) is 0 Å². The predicted molar refractivity (Wildman–Crippen MR) is 107 cm³/mol. The number of carbonyl (C=O) groups is 1. The maximum atomic E-state index is 13.5. The van der Waals surface area contributed by atoms with Crippen LogP contribution in [-0.2, 0) is 15.1 Å².